The number of halogens is 1. The van der Waals surface area contributed by atoms with E-state index in [-0.39, 0.29) is 5.82 Å². The van der Waals surface area contributed by atoms with Gasteiger partial charge in [0, 0.05) is 44.2 Å². The average molecular weight is 249 g/mol. The van der Waals surface area contributed by atoms with E-state index in [1.807, 2.05) is 0 Å². The van der Waals surface area contributed by atoms with Crippen LogP contribution in [0.2, 0.25) is 0 Å². The fraction of sp³-hybridized carbons (Fsp3) is 0.462. The Labute approximate surface area is 105 Å². The van der Waals surface area contributed by atoms with Gasteiger partial charge in [0.05, 0.1) is 0 Å². The molecule has 1 saturated heterocycles. The van der Waals surface area contributed by atoms with Gasteiger partial charge in [0.1, 0.15) is 11.5 Å². The summed E-state index contributed by atoms with van der Waals surface area (Å²) in [7, 11) is 2.13. The van der Waals surface area contributed by atoms with Crippen molar-refractivity contribution in [3.8, 4) is 0 Å². The average Bonchev–Trinajstić information content (AvgIpc) is 2.74. The minimum atomic E-state index is -0.287. The molecular weight excluding hydrogens is 233 g/mol. The molecule has 0 saturated carbocycles. The number of hydrogen-bond donors (Lipinski definition) is 0. The number of benzene rings is 1. The highest BCUT2D eigenvalue weighted by molar-refractivity contribution is 5.79. The van der Waals surface area contributed by atoms with Crippen molar-refractivity contribution in [2.45, 2.75) is 6.54 Å². The van der Waals surface area contributed by atoms with Crippen molar-refractivity contribution >= 4 is 11.0 Å². The lowest BCUT2D eigenvalue weighted by Crippen LogP contribution is -2.43. The summed E-state index contributed by atoms with van der Waals surface area (Å²) in [5.41, 5.74) is 1.42. The van der Waals surface area contributed by atoms with Crippen LogP contribution in [0.1, 0.15) is 5.69 Å². The molecule has 1 fully saturated rings. The van der Waals surface area contributed by atoms with Gasteiger partial charge in [-0.2, -0.15) is 0 Å². The van der Waals surface area contributed by atoms with E-state index in [4.69, 9.17) is 4.52 Å². The Balaban J connectivity index is 1.78. The van der Waals surface area contributed by atoms with E-state index in [1.165, 1.54) is 12.1 Å². The number of fused-ring (bicyclic) bond motifs is 1. The predicted molar refractivity (Wildman–Crippen MR) is 66.7 cm³/mol. The van der Waals surface area contributed by atoms with Gasteiger partial charge in [-0.15, -0.1) is 0 Å². The first-order valence-electron chi connectivity index (χ1n) is 6.17. The second-order valence-electron chi connectivity index (χ2n) is 4.85. The highest BCUT2D eigenvalue weighted by atomic mass is 19.1. The maximum atomic E-state index is 13.0. The monoisotopic (exact) mass is 249 g/mol. The van der Waals surface area contributed by atoms with Crippen LogP contribution in [0.5, 0.6) is 0 Å². The molecule has 0 bridgehead atoms. The molecule has 0 amide bonds. The van der Waals surface area contributed by atoms with Crippen LogP contribution >= 0.6 is 0 Å². The molecule has 0 radical (unpaired) electrons. The van der Waals surface area contributed by atoms with Gasteiger partial charge in [0.2, 0.25) is 0 Å². The lowest BCUT2D eigenvalue weighted by molar-refractivity contribution is 0.146. The molecular formula is C13H16FN3O. The first-order chi connectivity index (χ1) is 8.72. The first kappa shape index (κ1) is 11.6. The molecule has 0 aliphatic carbocycles. The second kappa shape index (κ2) is 4.66. The molecule has 0 unspecified atom stereocenters. The van der Waals surface area contributed by atoms with E-state index in [0.717, 1.165) is 43.8 Å². The van der Waals surface area contributed by atoms with Gasteiger partial charge in [-0.25, -0.2) is 4.39 Å². The molecule has 2 aromatic rings. The Morgan fingerprint density at radius 2 is 2.06 bits per heavy atom. The minimum Gasteiger partial charge on any atom is -0.356 e. The molecule has 5 heteroatoms. The van der Waals surface area contributed by atoms with Gasteiger partial charge >= 0.3 is 0 Å². The molecule has 4 nitrogen and oxygen atoms in total. The summed E-state index contributed by atoms with van der Waals surface area (Å²) in [6, 6.07) is 4.58. The van der Waals surface area contributed by atoms with Crippen molar-refractivity contribution < 1.29 is 8.91 Å². The minimum absolute atomic E-state index is 0.287. The Hall–Kier alpha value is -1.46. The van der Waals surface area contributed by atoms with Crippen molar-refractivity contribution in [3.05, 3.63) is 29.7 Å². The SMILES string of the molecule is CN1CCN(Cc2noc3cc(F)ccc23)CC1. The third-order valence-corrected chi connectivity index (χ3v) is 3.48. The summed E-state index contributed by atoms with van der Waals surface area (Å²) >= 11 is 0. The quantitative estimate of drug-likeness (QED) is 0.811. The number of rotatable bonds is 2. The van der Waals surface area contributed by atoms with Gasteiger partial charge < -0.3 is 9.42 Å². The fourth-order valence-corrected chi connectivity index (χ4v) is 2.30. The van der Waals surface area contributed by atoms with Gasteiger partial charge in [-0.05, 0) is 19.2 Å². The third kappa shape index (κ3) is 2.23. The van der Waals surface area contributed by atoms with Gasteiger partial charge in [0.15, 0.2) is 5.58 Å². The molecule has 3 rings (SSSR count). The molecule has 18 heavy (non-hydrogen) atoms. The lowest BCUT2D eigenvalue weighted by Gasteiger charge is -2.31. The van der Waals surface area contributed by atoms with Crippen molar-refractivity contribution in [1.29, 1.82) is 0 Å². The van der Waals surface area contributed by atoms with Crippen molar-refractivity contribution in [2.24, 2.45) is 0 Å². The second-order valence-corrected chi connectivity index (χ2v) is 4.85. The number of aromatic nitrogens is 1. The van der Waals surface area contributed by atoms with Crippen molar-refractivity contribution in [3.63, 3.8) is 0 Å². The highest BCUT2D eigenvalue weighted by Gasteiger charge is 2.17. The predicted octanol–water partition coefficient (Wildman–Crippen LogP) is 1.71. The van der Waals surface area contributed by atoms with Crippen LogP contribution in [-0.2, 0) is 6.54 Å². The summed E-state index contributed by atoms with van der Waals surface area (Å²) in [5.74, 6) is -0.287. The van der Waals surface area contributed by atoms with Crippen LogP contribution < -0.4 is 0 Å². The first-order valence-corrected chi connectivity index (χ1v) is 6.17. The lowest BCUT2D eigenvalue weighted by atomic mass is 10.2. The van der Waals surface area contributed by atoms with Crippen LogP contribution in [0.25, 0.3) is 11.0 Å². The summed E-state index contributed by atoms with van der Waals surface area (Å²) in [5, 5.41) is 4.96. The molecule has 1 aliphatic rings. The Bertz CT molecular complexity index is 546. The summed E-state index contributed by atoms with van der Waals surface area (Å²) < 4.78 is 18.2. The summed E-state index contributed by atoms with van der Waals surface area (Å²) in [6.07, 6.45) is 0. The Kier molecular flexibility index (Phi) is 3.01. The molecule has 2 heterocycles. The summed E-state index contributed by atoms with van der Waals surface area (Å²) in [6.45, 7) is 4.99. The number of piperazine rings is 1. The molecule has 0 spiro atoms. The van der Waals surface area contributed by atoms with E-state index < -0.39 is 0 Å². The van der Waals surface area contributed by atoms with E-state index >= 15 is 0 Å². The van der Waals surface area contributed by atoms with Crippen molar-refractivity contribution in [1.82, 2.24) is 15.0 Å². The maximum Gasteiger partial charge on any atom is 0.170 e. The molecule has 1 aromatic carbocycles. The number of hydrogen-bond acceptors (Lipinski definition) is 4. The van der Waals surface area contributed by atoms with Gasteiger partial charge in [0.25, 0.3) is 0 Å². The largest absolute Gasteiger partial charge is 0.356 e. The van der Waals surface area contributed by atoms with Crippen LogP contribution in [-0.4, -0.2) is 48.2 Å². The smallest absolute Gasteiger partial charge is 0.170 e. The van der Waals surface area contributed by atoms with Crippen LogP contribution in [0.3, 0.4) is 0 Å². The van der Waals surface area contributed by atoms with E-state index in [0.29, 0.717) is 5.58 Å². The summed E-state index contributed by atoms with van der Waals surface area (Å²) in [4.78, 5) is 4.66. The van der Waals surface area contributed by atoms with E-state index in [9.17, 15) is 4.39 Å². The zero-order chi connectivity index (χ0) is 12.5. The van der Waals surface area contributed by atoms with E-state index in [1.54, 1.807) is 6.07 Å². The molecule has 0 N–H and O–H groups in total. The topological polar surface area (TPSA) is 32.5 Å². The number of likely N-dealkylation sites (N-methyl/N-ethyl adjacent to an activating group) is 1. The molecule has 96 valence electrons. The van der Waals surface area contributed by atoms with Crippen LogP contribution in [0.4, 0.5) is 4.39 Å². The van der Waals surface area contributed by atoms with E-state index in [2.05, 4.69) is 22.0 Å². The highest BCUT2D eigenvalue weighted by Crippen LogP contribution is 2.21. The normalized spacial score (nSPS) is 18.6. The van der Waals surface area contributed by atoms with Crippen molar-refractivity contribution in [2.75, 3.05) is 33.2 Å². The third-order valence-electron chi connectivity index (χ3n) is 3.48. The zero-order valence-corrected chi connectivity index (χ0v) is 10.4. The maximum absolute atomic E-state index is 13.0. The molecule has 1 aromatic heterocycles. The van der Waals surface area contributed by atoms with Gasteiger partial charge in [-0.3, -0.25) is 4.90 Å². The Morgan fingerprint density at radius 3 is 2.83 bits per heavy atom. The van der Waals surface area contributed by atoms with Crippen LogP contribution in [0, 0.1) is 5.82 Å². The molecule has 1 aliphatic heterocycles. The number of nitrogens with zero attached hydrogens (tertiary/aromatic N) is 3. The fourth-order valence-electron chi connectivity index (χ4n) is 2.30. The standard InChI is InChI=1S/C13H16FN3O/c1-16-4-6-17(7-5-16)9-12-11-3-2-10(14)8-13(11)18-15-12/h2-3,8H,4-7,9H2,1H3. The van der Waals surface area contributed by atoms with Crippen LogP contribution in [0.15, 0.2) is 22.7 Å². The van der Waals surface area contributed by atoms with Gasteiger partial charge in [-0.1, -0.05) is 5.16 Å². The molecule has 0 atom stereocenters. The zero-order valence-electron chi connectivity index (χ0n) is 10.4. The Morgan fingerprint density at radius 1 is 1.28 bits per heavy atom.